The number of likely N-dealkylation sites (tertiary alicyclic amines) is 1. The van der Waals surface area contributed by atoms with Gasteiger partial charge in [0.2, 0.25) is 5.91 Å². The summed E-state index contributed by atoms with van der Waals surface area (Å²) in [6, 6.07) is 15.1. The predicted molar refractivity (Wildman–Crippen MR) is 155 cm³/mol. The number of ether oxygens (including phenoxy) is 1. The number of aromatic hydroxyl groups is 1. The molecule has 6 N–H and O–H groups in total. The highest BCUT2D eigenvalue weighted by Gasteiger charge is 2.43. The third-order valence-corrected chi connectivity index (χ3v) is 8.02. The van der Waals surface area contributed by atoms with Gasteiger partial charge in [0.15, 0.2) is 5.60 Å². The van der Waals surface area contributed by atoms with Crippen LogP contribution in [0, 0.1) is 17.2 Å². The van der Waals surface area contributed by atoms with Gasteiger partial charge in [0.1, 0.15) is 12.3 Å². The minimum atomic E-state index is -2.74. The Balaban J connectivity index is 0.000000345. The number of piperidine rings is 1. The van der Waals surface area contributed by atoms with Gasteiger partial charge in [-0.25, -0.2) is 4.79 Å². The van der Waals surface area contributed by atoms with Crippen molar-refractivity contribution in [1.29, 1.82) is 5.26 Å². The lowest BCUT2D eigenvalue weighted by atomic mass is 9.83. The topological polar surface area (TPSA) is 218 Å². The van der Waals surface area contributed by atoms with E-state index in [0.29, 0.717) is 24.6 Å². The maximum Gasteiger partial charge on any atom is 0.336 e. The molecular formula is C30H34ClN3O10. The molecular weight excluding hydrogens is 598 g/mol. The van der Waals surface area contributed by atoms with Crippen LogP contribution in [0.4, 0.5) is 0 Å². The van der Waals surface area contributed by atoms with Gasteiger partial charge in [0.25, 0.3) is 0 Å². The second-order valence-corrected chi connectivity index (χ2v) is 11.2. The highest BCUT2D eigenvalue weighted by atomic mass is 35.5. The molecule has 2 heterocycles. The van der Waals surface area contributed by atoms with E-state index < -0.39 is 36.4 Å². The Morgan fingerprint density at radius 2 is 1.70 bits per heavy atom. The molecule has 0 bridgehead atoms. The number of nitrogens with zero attached hydrogens (tertiary/aromatic N) is 2. The summed E-state index contributed by atoms with van der Waals surface area (Å²) in [6.07, 6.45) is -0.137. The second-order valence-electron chi connectivity index (χ2n) is 10.8. The predicted octanol–water partition coefficient (Wildman–Crippen LogP) is 2.12. The van der Waals surface area contributed by atoms with Gasteiger partial charge >= 0.3 is 17.9 Å². The first kappa shape index (κ1) is 34.3. The van der Waals surface area contributed by atoms with Crippen molar-refractivity contribution in [1.82, 2.24) is 10.2 Å². The number of carboxylic acid groups (broad SMARTS) is 3. The zero-order chi connectivity index (χ0) is 32.5. The van der Waals surface area contributed by atoms with Crippen molar-refractivity contribution in [2.45, 2.75) is 49.9 Å². The Morgan fingerprint density at radius 3 is 2.30 bits per heavy atom. The van der Waals surface area contributed by atoms with Crippen LogP contribution >= 0.6 is 11.6 Å². The molecule has 2 aromatic rings. The monoisotopic (exact) mass is 631 g/mol. The number of aliphatic carboxylic acids is 3. The van der Waals surface area contributed by atoms with E-state index in [0.717, 1.165) is 31.5 Å². The fourth-order valence-electron chi connectivity index (χ4n) is 5.41. The van der Waals surface area contributed by atoms with Crippen LogP contribution in [0.5, 0.6) is 5.75 Å². The van der Waals surface area contributed by atoms with E-state index in [1.54, 1.807) is 12.1 Å². The van der Waals surface area contributed by atoms with Crippen LogP contribution in [-0.4, -0.2) is 86.0 Å². The summed E-state index contributed by atoms with van der Waals surface area (Å²) >= 11 is 6.30. The number of carboxylic acids is 3. The van der Waals surface area contributed by atoms with Crippen LogP contribution < -0.4 is 5.32 Å². The van der Waals surface area contributed by atoms with Gasteiger partial charge in [-0.3, -0.25) is 14.4 Å². The molecule has 14 heteroatoms. The SMILES string of the molecule is N#CCNC(=O)C(Cc1cc(O)ccc1Cl)CN1CCC2(CC1)OCc1ccccc12.O=C(O)CC(O)(CC(=O)O)C(=O)O. The Labute approximate surface area is 258 Å². The number of fused-ring (bicyclic) bond motifs is 2. The third kappa shape index (κ3) is 8.90. The molecule has 0 saturated carbocycles. The van der Waals surface area contributed by atoms with Crippen molar-refractivity contribution < 1.29 is 49.4 Å². The van der Waals surface area contributed by atoms with Crippen molar-refractivity contribution >= 4 is 35.4 Å². The van der Waals surface area contributed by atoms with E-state index in [1.807, 2.05) is 12.1 Å². The maximum absolute atomic E-state index is 12.8. The normalized spacial score (nSPS) is 16.1. The molecule has 1 spiro atoms. The number of carbonyl (C=O) groups is 4. The summed E-state index contributed by atoms with van der Waals surface area (Å²) in [5.74, 6) is -5.45. The largest absolute Gasteiger partial charge is 0.508 e. The van der Waals surface area contributed by atoms with Gasteiger partial charge in [-0.1, -0.05) is 35.9 Å². The highest BCUT2D eigenvalue weighted by Crippen LogP contribution is 2.44. The number of rotatable bonds is 11. The smallest absolute Gasteiger partial charge is 0.336 e. The first-order valence-electron chi connectivity index (χ1n) is 13.7. The standard InChI is InChI=1S/C24H26ClN3O3.C6H8O7/c25-22-6-5-20(29)14-18(22)13-19(23(30)27-10-9-26)15-28-11-7-24(8-12-28)21-4-2-1-3-17(21)16-31-24;7-3(8)1-6(13,5(11)12)2-4(9)10/h1-6,14,19,29H,7-8,10-13,15-16H2,(H,27,30);13H,1-2H2,(H,7,8)(H,9,10)(H,11,12). The molecule has 2 aromatic carbocycles. The van der Waals surface area contributed by atoms with Crippen LogP contribution in [0.1, 0.15) is 42.4 Å². The molecule has 4 rings (SSSR count). The number of nitriles is 1. The van der Waals surface area contributed by atoms with Gasteiger partial charge in [-0.2, -0.15) is 5.26 Å². The number of nitrogens with one attached hydrogen (secondary N) is 1. The molecule has 2 aliphatic rings. The number of carbonyl (C=O) groups excluding carboxylic acids is 1. The number of amides is 1. The number of hydrogen-bond donors (Lipinski definition) is 6. The quantitative estimate of drug-likeness (QED) is 0.197. The number of benzene rings is 2. The summed E-state index contributed by atoms with van der Waals surface area (Å²) in [5, 5.41) is 55.7. The molecule has 0 aromatic heterocycles. The van der Waals surface area contributed by atoms with Gasteiger partial charge in [0.05, 0.1) is 37.0 Å². The third-order valence-electron chi connectivity index (χ3n) is 7.65. The Hall–Kier alpha value is -4.22. The average Bonchev–Trinajstić information content (AvgIpc) is 3.31. The number of aliphatic hydroxyl groups is 1. The highest BCUT2D eigenvalue weighted by molar-refractivity contribution is 6.31. The first-order chi connectivity index (χ1) is 20.8. The minimum Gasteiger partial charge on any atom is -0.508 e. The van der Waals surface area contributed by atoms with Gasteiger partial charge in [-0.15, -0.1) is 0 Å². The van der Waals surface area contributed by atoms with Crippen molar-refractivity contribution in [2.75, 3.05) is 26.2 Å². The van der Waals surface area contributed by atoms with Crippen LogP contribution in [-0.2, 0) is 42.5 Å². The number of phenolic OH excluding ortho intramolecular Hbond substituents is 1. The Morgan fingerprint density at radius 1 is 1.07 bits per heavy atom. The van der Waals surface area contributed by atoms with Crippen LogP contribution in [0.25, 0.3) is 0 Å². The molecule has 2 aliphatic heterocycles. The Bertz CT molecular complexity index is 1400. The van der Waals surface area contributed by atoms with Crippen molar-refractivity contribution in [3.8, 4) is 11.8 Å². The van der Waals surface area contributed by atoms with Crippen molar-refractivity contribution in [2.24, 2.45) is 5.92 Å². The van der Waals surface area contributed by atoms with E-state index >= 15 is 0 Å². The van der Waals surface area contributed by atoms with Crippen LogP contribution in [0.3, 0.4) is 0 Å². The summed E-state index contributed by atoms with van der Waals surface area (Å²) < 4.78 is 6.24. The second kappa shape index (κ2) is 15.0. The van der Waals surface area contributed by atoms with E-state index in [2.05, 4.69) is 28.4 Å². The lowest BCUT2D eigenvalue weighted by Crippen LogP contribution is -2.47. The van der Waals surface area contributed by atoms with Crippen LogP contribution in [0.2, 0.25) is 5.02 Å². The molecule has 1 unspecified atom stereocenters. The zero-order valence-corrected chi connectivity index (χ0v) is 24.5. The Kier molecular flexibility index (Phi) is 11.7. The fraction of sp³-hybridized carbons (Fsp3) is 0.433. The van der Waals surface area contributed by atoms with Gasteiger partial charge in [0, 0.05) is 24.7 Å². The molecule has 1 amide bonds. The van der Waals surface area contributed by atoms with E-state index in [1.165, 1.54) is 17.2 Å². The van der Waals surface area contributed by atoms with Crippen molar-refractivity contribution in [3.63, 3.8) is 0 Å². The van der Waals surface area contributed by atoms with Gasteiger partial charge < -0.3 is 40.5 Å². The lowest BCUT2D eigenvalue weighted by molar-refractivity contribution is -0.170. The summed E-state index contributed by atoms with van der Waals surface area (Å²) in [7, 11) is 0. The molecule has 236 valence electrons. The van der Waals surface area contributed by atoms with E-state index in [9.17, 15) is 24.3 Å². The lowest BCUT2D eigenvalue weighted by Gasteiger charge is -2.40. The summed E-state index contributed by atoms with van der Waals surface area (Å²) in [6.45, 7) is 2.83. The summed E-state index contributed by atoms with van der Waals surface area (Å²) in [4.78, 5) is 45.5. The van der Waals surface area contributed by atoms with Crippen LogP contribution in [0.15, 0.2) is 42.5 Å². The zero-order valence-electron chi connectivity index (χ0n) is 23.7. The van der Waals surface area contributed by atoms with Crippen molar-refractivity contribution in [3.05, 3.63) is 64.2 Å². The molecule has 44 heavy (non-hydrogen) atoms. The maximum atomic E-state index is 12.8. The number of hydrogen-bond acceptors (Lipinski definition) is 9. The summed E-state index contributed by atoms with van der Waals surface area (Å²) in [5.41, 5.74) is 0.325. The first-order valence-corrected chi connectivity index (χ1v) is 14.1. The fourth-order valence-corrected chi connectivity index (χ4v) is 5.61. The molecule has 0 radical (unpaired) electrons. The van der Waals surface area contributed by atoms with Gasteiger partial charge in [-0.05, 0) is 54.2 Å². The molecule has 0 aliphatic carbocycles. The molecule has 1 fully saturated rings. The van der Waals surface area contributed by atoms with E-state index in [-0.39, 0.29) is 29.7 Å². The molecule has 1 atom stereocenters. The van der Waals surface area contributed by atoms with E-state index in [4.69, 9.17) is 42.0 Å². The minimum absolute atomic E-state index is 0.0309. The molecule has 1 saturated heterocycles. The number of halogens is 1. The average molecular weight is 632 g/mol. The number of phenols is 1. The molecule has 13 nitrogen and oxygen atoms in total.